The summed E-state index contributed by atoms with van der Waals surface area (Å²) in [4.78, 5) is 11.7. The van der Waals surface area contributed by atoms with E-state index in [9.17, 15) is 31.1 Å². The van der Waals surface area contributed by atoms with Crippen LogP contribution in [0.3, 0.4) is 0 Å². The number of carbonyl (C=O) groups is 1. The molecule has 0 heterocycles. The largest absolute Gasteiger partial charge is 0.431 e. The summed E-state index contributed by atoms with van der Waals surface area (Å²) >= 11 is 0. The zero-order valence-electron chi connectivity index (χ0n) is 11.9. The average Bonchev–Trinajstić information content (AvgIpc) is 2.35. The SMILES string of the molecule is CC(C)(C)C(=O)/C=C(/Nc1ccc(F)c(F)c1F)C(F)(F)F. The fraction of sp³-hybridized carbons (Fsp3) is 0.357. The highest BCUT2D eigenvalue weighted by Crippen LogP contribution is 2.30. The molecule has 22 heavy (non-hydrogen) atoms. The van der Waals surface area contributed by atoms with Gasteiger partial charge in [-0.25, -0.2) is 13.2 Å². The quantitative estimate of drug-likeness (QED) is 0.501. The van der Waals surface area contributed by atoms with Crippen molar-refractivity contribution in [3.05, 3.63) is 41.4 Å². The first-order chi connectivity index (χ1) is 9.84. The van der Waals surface area contributed by atoms with Crippen molar-refractivity contribution in [2.45, 2.75) is 26.9 Å². The third kappa shape index (κ3) is 4.25. The smallest absolute Gasteiger partial charge is 0.349 e. The molecule has 0 aromatic heterocycles. The predicted molar refractivity (Wildman–Crippen MR) is 68.5 cm³/mol. The van der Waals surface area contributed by atoms with Crippen molar-refractivity contribution >= 4 is 11.5 Å². The van der Waals surface area contributed by atoms with Crippen molar-refractivity contribution in [2.75, 3.05) is 5.32 Å². The molecule has 0 aliphatic heterocycles. The van der Waals surface area contributed by atoms with Crippen LogP contribution in [0.4, 0.5) is 32.0 Å². The second-order valence-corrected chi connectivity index (χ2v) is 5.52. The molecular weight excluding hydrogens is 312 g/mol. The Balaban J connectivity index is 3.26. The minimum Gasteiger partial charge on any atom is -0.349 e. The lowest BCUT2D eigenvalue weighted by molar-refractivity contribution is -0.122. The van der Waals surface area contributed by atoms with Crippen molar-refractivity contribution < 1.29 is 31.1 Å². The molecule has 0 aliphatic carbocycles. The van der Waals surface area contributed by atoms with E-state index in [0.29, 0.717) is 12.1 Å². The van der Waals surface area contributed by atoms with Gasteiger partial charge in [-0.3, -0.25) is 4.79 Å². The van der Waals surface area contributed by atoms with Crippen LogP contribution in [0.5, 0.6) is 0 Å². The molecule has 0 amide bonds. The first kappa shape index (κ1) is 18.1. The zero-order valence-corrected chi connectivity index (χ0v) is 11.9. The van der Waals surface area contributed by atoms with E-state index in [0.717, 1.165) is 0 Å². The standard InChI is InChI=1S/C14H13F6NO/c1-13(2,3)10(22)6-9(14(18,19)20)21-8-5-4-7(15)11(16)12(8)17/h4-6,21H,1-3H3/b9-6+. The number of ketones is 1. The van der Waals surface area contributed by atoms with E-state index in [1.165, 1.54) is 20.8 Å². The van der Waals surface area contributed by atoms with Gasteiger partial charge in [0.2, 0.25) is 0 Å². The molecule has 0 atom stereocenters. The Kier molecular flexibility index (Phi) is 4.94. The van der Waals surface area contributed by atoms with Gasteiger partial charge in [-0.2, -0.15) is 13.2 Å². The van der Waals surface area contributed by atoms with Crippen LogP contribution in [0.2, 0.25) is 0 Å². The topological polar surface area (TPSA) is 29.1 Å². The molecule has 0 aliphatic rings. The predicted octanol–water partition coefficient (Wildman–Crippen LogP) is 4.58. The highest BCUT2D eigenvalue weighted by atomic mass is 19.4. The van der Waals surface area contributed by atoms with Crippen molar-refractivity contribution in [1.82, 2.24) is 0 Å². The molecule has 1 aromatic carbocycles. The summed E-state index contributed by atoms with van der Waals surface area (Å²) in [6.45, 7) is 4.20. The van der Waals surface area contributed by atoms with Gasteiger partial charge in [0, 0.05) is 11.5 Å². The maximum Gasteiger partial charge on any atom is 0.431 e. The highest BCUT2D eigenvalue weighted by Gasteiger charge is 2.36. The lowest BCUT2D eigenvalue weighted by Gasteiger charge is -2.18. The first-order valence-electron chi connectivity index (χ1n) is 6.08. The van der Waals surface area contributed by atoms with Crippen LogP contribution in [0.25, 0.3) is 0 Å². The fourth-order valence-corrected chi connectivity index (χ4v) is 1.30. The van der Waals surface area contributed by atoms with E-state index in [1.807, 2.05) is 0 Å². The molecule has 2 nitrogen and oxygen atoms in total. The van der Waals surface area contributed by atoms with Crippen LogP contribution >= 0.6 is 0 Å². The number of anilines is 1. The van der Waals surface area contributed by atoms with E-state index in [1.54, 1.807) is 5.32 Å². The van der Waals surface area contributed by atoms with Gasteiger partial charge in [-0.15, -0.1) is 0 Å². The molecule has 0 saturated heterocycles. The Morgan fingerprint density at radius 2 is 1.59 bits per heavy atom. The van der Waals surface area contributed by atoms with E-state index in [-0.39, 0.29) is 6.08 Å². The molecule has 0 radical (unpaired) electrons. The number of nitrogens with one attached hydrogen (secondary N) is 1. The summed E-state index contributed by atoms with van der Waals surface area (Å²) in [5.74, 6) is -6.12. The Morgan fingerprint density at radius 3 is 2.05 bits per heavy atom. The molecule has 122 valence electrons. The normalized spacial score (nSPS) is 13.2. The number of halogens is 6. The van der Waals surface area contributed by atoms with Crippen molar-refractivity contribution in [3.63, 3.8) is 0 Å². The first-order valence-corrected chi connectivity index (χ1v) is 6.08. The highest BCUT2D eigenvalue weighted by molar-refractivity contribution is 5.95. The Labute approximate surface area is 122 Å². The average molecular weight is 325 g/mol. The van der Waals surface area contributed by atoms with Gasteiger partial charge in [0.25, 0.3) is 0 Å². The monoisotopic (exact) mass is 325 g/mol. The Hall–Kier alpha value is -1.99. The van der Waals surface area contributed by atoms with E-state index in [2.05, 4.69) is 0 Å². The van der Waals surface area contributed by atoms with Gasteiger partial charge in [-0.05, 0) is 12.1 Å². The molecule has 1 aromatic rings. The van der Waals surface area contributed by atoms with Crippen molar-refractivity contribution in [3.8, 4) is 0 Å². The lowest BCUT2D eigenvalue weighted by Crippen LogP contribution is -2.25. The molecule has 1 rings (SSSR count). The van der Waals surface area contributed by atoms with Crippen LogP contribution < -0.4 is 5.32 Å². The molecule has 1 N–H and O–H groups in total. The van der Waals surface area contributed by atoms with Gasteiger partial charge in [0.15, 0.2) is 23.2 Å². The molecular formula is C14H13F6NO. The third-order valence-electron chi connectivity index (χ3n) is 2.62. The molecule has 0 unspecified atom stereocenters. The van der Waals surface area contributed by atoms with E-state index in [4.69, 9.17) is 0 Å². The minimum absolute atomic E-state index is 0.265. The number of rotatable bonds is 3. The van der Waals surface area contributed by atoms with Gasteiger partial charge in [0.1, 0.15) is 5.70 Å². The zero-order chi connectivity index (χ0) is 17.3. The van der Waals surface area contributed by atoms with Gasteiger partial charge in [0.05, 0.1) is 5.69 Å². The minimum atomic E-state index is -5.00. The second kappa shape index (κ2) is 6.02. The van der Waals surface area contributed by atoms with Crippen LogP contribution in [0, 0.1) is 22.9 Å². The van der Waals surface area contributed by atoms with Gasteiger partial charge in [-0.1, -0.05) is 20.8 Å². The number of benzene rings is 1. The maximum atomic E-state index is 13.4. The number of hydrogen-bond donors (Lipinski definition) is 1. The third-order valence-corrected chi connectivity index (χ3v) is 2.62. The number of allylic oxidation sites excluding steroid dienone is 2. The number of alkyl halides is 3. The van der Waals surface area contributed by atoms with Crippen LogP contribution in [0.1, 0.15) is 20.8 Å². The molecule has 8 heteroatoms. The number of hydrogen-bond acceptors (Lipinski definition) is 2. The summed E-state index contributed by atoms with van der Waals surface area (Å²) in [6.07, 6.45) is -4.74. The van der Waals surface area contributed by atoms with Crippen molar-refractivity contribution in [2.24, 2.45) is 5.41 Å². The molecule has 0 spiro atoms. The summed E-state index contributed by atoms with van der Waals surface area (Å²) in [7, 11) is 0. The van der Waals surface area contributed by atoms with Crippen LogP contribution in [-0.2, 0) is 4.79 Å². The van der Waals surface area contributed by atoms with Gasteiger partial charge < -0.3 is 5.32 Å². The van der Waals surface area contributed by atoms with Crippen molar-refractivity contribution in [1.29, 1.82) is 0 Å². The summed E-state index contributed by atoms with van der Waals surface area (Å²) in [6, 6.07) is 1.08. The molecule has 0 bridgehead atoms. The molecule has 0 fully saturated rings. The fourth-order valence-electron chi connectivity index (χ4n) is 1.30. The summed E-state index contributed by atoms with van der Waals surface area (Å²) in [5.41, 5.74) is -3.59. The summed E-state index contributed by atoms with van der Waals surface area (Å²) in [5, 5.41) is 1.59. The van der Waals surface area contributed by atoms with E-state index < -0.39 is 46.2 Å². The lowest BCUT2D eigenvalue weighted by atomic mass is 9.90. The van der Waals surface area contributed by atoms with Gasteiger partial charge >= 0.3 is 6.18 Å². The van der Waals surface area contributed by atoms with E-state index >= 15 is 0 Å². The van der Waals surface area contributed by atoms with Crippen LogP contribution in [0.15, 0.2) is 23.9 Å². The Bertz CT molecular complexity index is 613. The van der Waals surface area contributed by atoms with Crippen LogP contribution in [-0.4, -0.2) is 12.0 Å². The number of carbonyl (C=O) groups excluding carboxylic acids is 1. The maximum absolute atomic E-state index is 13.4. The Morgan fingerprint density at radius 1 is 1.05 bits per heavy atom. The molecule has 0 saturated carbocycles. The second-order valence-electron chi connectivity index (χ2n) is 5.52. The summed E-state index contributed by atoms with van der Waals surface area (Å²) < 4.78 is 77.9.